The average Bonchev–Trinajstić information content (AvgIpc) is 2.73. The number of nitrogens with two attached hydrogens (primary N) is 1. The Hall–Kier alpha value is -3.53. The van der Waals surface area contributed by atoms with Gasteiger partial charge in [-0.25, -0.2) is 0 Å². The van der Waals surface area contributed by atoms with Crippen LogP contribution in [0.4, 0.5) is 11.4 Å². The van der Waals surface area contributed by atoms with Crippen molar-refractivity contribution in [2.45, 2.75) is 4.90 Å². The van der Waals surface area contributed by atoms with Crippen LogP contribution in [0, 0.1) is 0 Å². The number of hydrogen-bond acceptors (Lipinski definition) is 11. The van der Waals surface area contributed by atoms with Crippen molar-refractivity contribution in [3.63, 3.8) is 0 Å². The SMILES string of the molecule is COC1=CC(=S(=O)=O)C(CN=Nc2c(S(=O)(=O)O)cc3cc(N)ccc3c2O)=CC1=S(=O)=O. The van der Waals surface area contributed by atoms with E-state index >= 15 is 0 Å². The molecule has 0 amide bonds. The van der Waals surface area contributed by atoms with Gasteiger partial charge in [-0.2, -0.15) is 35.5 Å². The minimum Gasteiger partial charge on any atom is -0.505 e. The molecular formula is C18H15N3O9S3. The van der Waals surface area contributed by atoms with E-state index in [1.54, 1.807) is 0 Å². The van der Waals surface area contributed by atoms with E-state index in [1.165, 1.54) is 18.2 Å². The van der Waals surface area contributed by atoms with E-state index in [-0.39, 0.29) is 37.5 Å². The van der Waals surface area contributed by atoms with Crippen molar-refractivity contribution in [3.05, 3.63) is 47.7 Å². The molecule has 1 aliphatic rings. The quantitative estimate of drug-likeness (QED) is 0.224. The number of benzene rings is 2. The molecule has 0 bridgehead atoms. The van der Waals surface area contributed by atoms with Crippen molar-refractivity contribution in [3.8, 4) is 5.75 Å². The topological polar surface area (TPSA) is 203 Å². The predicted octanol–water partition coefficient (Wildman–Crippen LogP) is 1.03. The molecule has 0 radical (unpaired) electrons. The number of phenolic OH excluding ortho intramolecular Hbond substituents is 1. The molecule has 2 aromatic rings. The maximum absolute atomic E-state index is 11.8. The number of aromatic hydroxyl groups is 1. The summed E-state index contributed by atoms with van der Waals surface area (Å²) in [7, 11) is -9.25. The first-order chi connectivity index (χ1) is 15.4. The number of allylic oxidation sites excluding steroid dienone is 2. The highest BCUT2D eigenvalue weighted by Crippen LogP contribution is 2.41. The zero-order valence-corrected chi connectivity index (χ0v) is 19.1. The molecule has 0 atom stereocenters. The Balaban J connectivity index is 2.13. The zero-order chi connectivity index (χ0) is 24.5. The molecular weight excluding hydrogens is 498 g/mol. The van der Waals surface area contributed by atoms with Gasteiger partial charge in [-0.15, -0.1) is 0 Å². The number of phenols is 1. The van der Waals surface area contributed by atoms with Crippen LogP contribution in [0.3, 0.4) is 0 Å². The molecule has 33 heavy (non-hydrogen) atoms. The van der Waals surface area contributed by atoms with Crippen LogP contribution in [-0.2, 0) is 35.4 Å². The van der Waals surface area contributed by atoms with Crippen LogP contribution in [0.2, 0.25) is 0 Å². The van der Waals surface area contributed by atoms with Crippen LogP contribution in [0.5, 0.6) is 5.75 Å². The molecule has 0 fully saturated rings. The molecule has 0 aliphatic heterocycles. The molecule has 0 spiro atoms. The number of methoxy groups -OCH3 is 1. The van der Waals surface area contributed by atoms with Gasteiger partial charge in [-0.1, -0.05) is 0 Å². The summed E-state index contributed by atoms with van der Waals surface area (Å²) in [5, 5.41) is 18.3. The lowest BCUT2D eigenvalue weighted by atomic mass is 10.0. The molecule has 15 heteroatoms. The van der Waals surface area contributed by atoms with Crippen molar-refractivity contribution in [1.29, 1.82) is 0 Å². The second kappa shape index (κ2) is 9.14. The number of nitrogens with zero attached hydrogens (tertiary/aromatic N) is 2. The number of ether oxygens (including phenoxy) is 1. The Morgan fingerprint density at radius 3 is 2.30 bits per heavy atom. The summed E-state index contributed by atoms with van der Waals surface area (Å²) in [6.45, 7) is -0.512. The number of nitrogen functional groups attached to an aromatic ring is 1. The van der Waals surface area contributed by atoms with Crippen molar-refractivity contribution in [1.82, 2.24) is 0 Å². The largest absolute Gasteiger partial charge is 0.505 e. The van der Waals surface area contributed by atoms with E-state index in [4.69, 9.17) is 10.5 Å². The predicted molar refractivity (Wildman–Crippen MR) is 120 cm³/mol. The lowest BCUT2D eigenvalue weighted by Gasteiger charge is -2.12. The second-order valence-electron chi connectivity index (χ2n) is 6.51. The van der Waals surface area contributed by atoms with Gasteiger partial charge >= 0.3 is 0 Å². The van der Waals surface area contributed by atoms with Crippen molar-refractivity contribution >= 4 is 62.6 Å². The molecule has 0 unspecified atom stereocenters. The van der Waals surface area contributed by atoms with Crippen molar-refractivity contribution < 1.29 is 39.6 Å². The molecule has 4 N–H and O–H groups in total. The summed E-state index contributed by atoms with van der Waals surface area (Å²) in [4.78, 5) is -1.42. The van der Waals surface area contributed by atoms with E-state index < -0.39 is 53.6 Å². The van der Waals surface area contributed by atoms with E-state index in [0.717, 1.165) is 25.3 Å². The minimum absolute atomic E-state index is 0.0893. The third-order valence-corrected chi connectivity index (χ3v) is 6.75. The lowest BCUT2D eigenvalue weighted by molar-refractivity contribution is 0.317. The van der Waals surface area contributed by atoms with Crippen molar-refractivity contribution in [2.24, 2.45) is 10.2 Å². The Morgan fingerprint density at radius 2 is 1.73 bits per heavy atom. The smallest absolute Gasteiger partial charge is 0.296 e. The van der Waals surface area contributed by atoms with E-state index in [9.17, 15) is 34.9 Å². The standard InChI is InChI=1S/C18H15N3O9S3/c1-30-13-7-14(31(23)24)10(5-15(13)32(25)26)8-20-21-17-16(33(27,28)29)6-9-4-11(19)2-3-12(9)18(17)22/h2-7,22H,8,19H2,1H3,(H,27,28,29). The summed E-state index contributed by atoms with van der Waals surface area (Å²) >= 11 is 0. The van der Waals surface area contributed by atoms with Gasteiger partial charge in [0.1, 0.15) is 26.1 Å². The van der Waals surface area contributed by atoms with Gasteiger partial charge in [0.15, 0.2) is 5.75 Å². The van der Waals surface area contributed by atoms with Crippen LogP contribution in [0.1, 0.15) is 0 Å². The van der Waals surface area contributed by atoms with E-state index in [0.29, 0.717) is 0 Å². The van der Waals surface area contributed by atoms with Crippen LogP contribution in [0.15, 0.2) is 62.9 Å². The normalized spacial score (nSPS) is 14.4. The van der Waals surface area contributed by atoms with Gasteiger partial charge < -0.3 is 15.6 Å². The molecule has 2 aromatic carbocycles. The molecule has 1 aliphatic carbocycles. The highest BCUT2D eigenvalue weighted by Gasteiger charge is 2.23. The van der Waals surface area contributed by atoms with Gasteiger partial charge in [-0.05, 0) is 41.3 Å². The summed E-state index contributed by atoms with van der Waals surface area (Å²) < 4.78 is 84.2. The van der Waals surface area contributed by atoms with Gasteiger partial charge in [0.05, 0.1) is 13.7 Å². The third kappa shape index (κ3) is 4.95. The molecule has 0 aromatic heterocycles. The van der Waals surface area contributed by atoms with Gasteiger partial charge in [-0.3, -0.25) is 4.55 Å². The second-order valence-corrected chi connectivity index (χ2v) is 9.72. The fourth-order valence-electron chi connectivity index (χ4n) is 3.00. The molecule has 0 saturated heterocycles. The highest BCUT2D eigenvalue weighted by molar-refractivity contribution is 7.86. The number of anilines is 1. The lowest BCUT2D eigenvalue weighted by Crippen LogP contribution is -2.17. The van der Waals surface area contributed by atoms with Crippen molar-refractivity contribution in [2.75, 3.05) is 19.4 Å². The first-order valence-corrected chi connectivity index (χ1v) is 12.3. The maximum atomic E-state index is 11.8. The van der Waals surface area contributed by atoms with Gasteiger partial charge in [0, 0.05) is 17.1 Å². The number of hydrogen-bond donors (Lipinski definition) is 3. The van der Waals surface area contributed by atoms with E-state index in [2.05, 4.69) is 10.2 Å². The van der Waals surface area contributed by atoms with Crippen LogP contribution >= 0.6 is 0 Å². The molecule has 12 nitrogen and oxygen atoms in total. The fraction of sp³-hybridized carbons (Fsp3) is 0.111. The minimum atomic E-state index is -4.86. The third-order valence-electron chi connectivity index (χ3n) is 4.47. The van der Waals surface area contributed by atoms with Gasteiger partial charge in [0.2, 0.25) is 20.6 Å². The van der Waals surface area contributed by atoms with E-state index in [1.807, 2.05) is 0 Å². The summed E-state index contributed by atoms with van der Waals surface area (Å²) in [5.41, 5.74) is 5.26. The van der Waals surface area contributed by atoms with Crippen LogP contribution < -0.4 is 5.73 Å². The Labute approximate surface area is 190 Å². The average molecular weight is 514 g/mol. The molecule has 174 valence electrons. The first-order valence-electron chi connectivity index (χ1n) is 8.73. The number of fused-ring (bicyclic) bond motifs is 1. The molecule has 0 saturated carbocycles. The Bertz CT molecular complexity index is 1650. The number of azo groups is 1. The summed E-state index contributed by atoms with van der Waals surface area (Å²) in [5.74, 6) is -0.823. The van der Waals surface area contributed by atoms with Crippen LogP contribution in [0.25, 0.3) is 10.8 Å². The fourth-order valence-corrected chi connectivity index (χ4v) is 4.74. The summed E-state index contributed by atoms with van der Waals surface area (Å²) in [6.07, 6.45) is 2.00. The number of rotatable bonds is 5. The first kappa shape index (κ1) is 24.1. The van der Waals surface area contributed by atoms with Gasteiger partial charge in [0.25, 0.3) is 10.1 Å². The Kier molecular flexibility index (Phi) is 6.68. The maximum Gasteiger partial charge on any atom is 0.296 e. The monoisotopic (exact) mass is 513 g/mol. The highest BCUT2D eigenvalue weighted by atomic mass is 32.2. The van der Waals surface area contributed by atoms with Crippen LogP contribution in [-0.4, -0.2) is 58.3 Å². The molecule has 0 heterocycles. The summed E-state index contributed by atoms with van der Waals surface area (Å²) in [6, 6.07) is 5.28. The molecule has 3 rings (SSSR count). The Morgan fingerprint density at radius 1 is 1.06 bits per heavy atom. The zero-order valence-electron chi connectivity index (χ0n) is 16.6.